The van der Waals surface area contributed by atoms with Crippen molar-refractivity contribution in [2.24, 2.45) is 5.92 Å². The zero-order valence-corrected chi connectivity index (χ0v) is 14.1. The molecule has 2 aromatic carbocycles. The smallest absolute Gasteiger partial charge is 0.257 e. The standard InChI is InChI=1S/C18H20N2O3S/c21-18(15-10-4-5-11-15)19-20-24(22,23)17-13-7-6-12-16(17)14-8-2-1-3-9-14/h1-3,6-9,12-13,15,20H,4-5,10-11H2,(H,19,21). The predicted molar refractivity (Wildman–Crippen MR) is 92.3 cm³/mol. The van der Waals surface area contributed by atoms with Gasteiger partial charge in [-0.1, -0.05) is 61.4 Å². The van der Waals surface area contributed by atoms with Crippen molar-refractivity contribution in [3.05, 3.63) is 54.6 Å². The summed E-state index contributed by atoms with van der Waals surface area (Å²) in [5.74, 6) is -0.356. The summed E-state index contributed by atoms with van der Waals surface area (Å²) < 4.78 is 25.2. The van der Waals surface area contributed by atoms with E-state index in [1.54, 1.807) is 18.2 Å². The van der Waals surface area contributed by atoms with Crippen LogP contribution in [0.3, 0.4) is 0 Å². The summed E-state index contributed by atoms with van der Waals surface area (Å²) in [6, 6.07) is 16.0. The second-order valence-electron chi connectivity index (χ2n) is 5.94. The SMILES string of the molecule is O=C(NNS(=O)(=O)c1ccccc1-c1ccccc1)C1CCCC1. The molecule has 0 unspecified atom stereocenters. The van der Waals surface area contributed by atoms with Crippen LogP contribution >= 0.6 is 0 Å². The van der Waals surface area contributed by atoms with Gasteiger partial charge in [0.2, 0.25) is 5.91 Å². The summed E-state index contributed by atoms with van der Waals surface area (Å²) in [6.45, 7) is 0. The van der Waals surface area contributed by atoms with Crippen LogP contribution in [-0.4, -0.2) is 14.3 Å². The van der Waals surface area contributed by atoms with Gasteiger partial charge in [-0.15, -0.1) is 4.83 Å². The molecule has 6 heteroatoms. The Morgan fingerprint density at radius 1 is 0.917 bits per heavy atom. The summed E-state index contributed by atoms with van der Waals surface area (Å²) >= 11 is 0. The van der Waals surface area contributed by atoms with E-state index in [0.29, 0.717) is 5.56 Å². The van der Waals surface area contributed by atoms with Gasteiger partial charge in [0, 0.05) is 11.5 Å². The molecule has 0 saturated heterocycles. The highest BCUT2D eigenvalue weighted by Gasteiger charge is 2.25. The van der Waals surface area contributed by atoms with Crippen LogP contribution in [0.15, 0.2) is 59.5 Å². The van der Waals surface area contributed by atoms with Crippen molar-refractivity contribution >= 4 is 15.9 Å². The normalized spacial score (nSPS) is 15.3. The average molecular weight is 344 g/mol. The molecule has 126 valence electrons. The van der Waals surface area contributed by atoms with Gasteiger partial charge in [0.15, 0.2) is 0 Å². The first-order valence-electron chi connectivity index (χ1n) is 8.04. The maximum Gasteiger partial charge on any atom is 0.257 e. The van der Waals surface area contributed by atoms with Crippen molar-refractivity contribution in [3.8, 4) is 11.1 Å². The fraction of sp³-hybridized carbons (Fsp3) is 0.278. The minimum absolute atomic E-state index is 0.0999. The lowest BCUT2D eigenvalue weighted by molar-refractivity contribution is -0.125. The molecule has 3 rings (SSSR count). The van der Waals surface area contributed by atoms with Gasteiger partial charge in [-0.05, 0) is 24.5 Å². The quantitative estimate of drug-likeness (QED) is 0.819. The van der Waals surface area contributed by atoms with Gasteiger partial charge in [0.25, 0.3) is 10.0 Å². The number of carbonyl (C=O) groups is 1. The van der Waals surface area contributed by atoms with Crippen LogP contribution < -0.4 is 10.3 Å². The zero-order valence-electron chi connectivity index (χ0n) is 13.2. The van der Waals surface area contributed by atoms with Crippen molar-refractivity contribution in [1.82, 2.24) is 10.3 Å². The summed E-state index contributed by atoms with van der Waals surface area (Å²) in [5.41, 5.74) is 3.77. The Hall–Kier alpha value is -2.18. The minimum Gasteiger partial charge on any atom is -0.277 e. The molecule has 24 heavy (non-hydrogen) atoms. The highest BCUT2D eigenvalue weighted by Crippen LogP contribution is 2.27. The number of amides is 1. The molecule has 0 bridgehead atoms. The molecule has 1 aliphatic rings. The molecule has 2 N–H and O–H groups in total. The second-order valence-corrected chi connectivity index (χ2v) is 7.59. The lowest BCUT2D eigenvalue weighted by atomic mass is 10.1. The van der Waals surface area contributed by atoms with Gasteiger partial charge < -0.3 is 0 Å². The summed E-state index contributed by atoms with van der Waals surface area (Å²) in [7, 11) is -3.85. The fourth-order valence-electron chi connectivity index (χ4n) is 3.02. The third kappa shape index (κ3) is 3.66. The highest BCUT2D eigenvalue weighted by molar-refractivity contribution is 7.89. The first-order chi connectivity index (χ1) is 11.6. The maximum atomic E-state index is 12.6. The van der Waals surface area contributed by atoms with Gasteiger partial charge in [-0.25, -0.2) is 8.42 Å². The van der Waals surface area contributed by atoms with E-state index >= 15 is 0 Å². The van der Waals surface area contributed by atoms with E-state index in [4.69, 9.17) is 0 Å². The van der Waals surface area contributed by atoms with E-state index in [9.17, 15) is 13.2 Å². The molecular weight excluding hydrogens is 324 g/mol. The van der Waals surface area contributed by atoms with Crippen LogP contribution in [-0.2, 0) is 14.8 Å². The Balaban J connectivity index is 1.81. The van der Waals surface area contributed by atoms with Gasteiger partial charge in [0.05, 0.1) is 4.90 Å². The number of carbonyl (C=O) groups excluding carboxylic acids is 1. The molecule has 0 radical (unpaired) electrons. The molecule has 1 amide bonds. The number of hydrogen-bond donors (Lipinski definition) is 2. The fourth-order valence-corrected chi connectivity index (χ4v) is 4.10. The highest BCUT2D eigenvalue weighted by atomic mass is 32.2. The Bertz CT molecular complexity index is 813. The monoisotopic (exact) mass is 344 g/mol. The van der Waals surface area contributed by atoms with E-state index in [1.807, 2.05) is 30.3 Å². The predicted octanol–water partition coefficient (Wildman–Crippen LogP) is 2.85. The molecule has 0 aromatic heterocycles. The third-order valence-electron chi connectivity index (χ3n) is 4.30. The van der Waals surface area contributed by atoms with Gasteiger partial charge >= 0.3 is 0 Å². The van der Waals surface area contributed by atoms with Gasteiger partial charge in [-0.3, -0.25) is 10.2 Å². The molecule has 2 aromatic rings. The van der Waals surface area contributed by atoms with Crippen LogP contribution in [0.25, 0.3) is 11.1 Å². The summed E-state index contributed by atoms with van der Waals surface area (Å²) in [5, 5.41) is 0. The molecule has 1 saturated carbocycles. The number of hydrogen-bond acceptors (Lipinski definition) is 3. The Labute approximate surface area is 142 Å². The largest absolute Gasteiger partial charge is 0.277 e. The van der Waals surface area contributed by atoms with Gasteiger partial charge in [-0.2, -0.15) is 0 Å². The lowest BCUT2D eigenvalue weighted by Gasteiger charge is -2.14. The van der Waals surface area contributed by atoms with Crippen molar-refractivity contribution in [2.45, 2.75) is 30.6 Å². The van der Waals surface area contributed by atoms with Crippen molar-refractivity contribution < 1.29 is 13.2 Å². The van der Waals surface area contributed by atoms with Crippen molar-refractivity contribution in [1.29, 1.82) is 0 Å². The first-order valence-corrected chi connectivity index (χ1v) is 9.52. The third-order valence-corrected chi connectivity index (χ3v) is 5.60. The van der Waals surface area contributed by atoms with Crippen LogP contribution in [0.4, 0.5) is 0 Å². The van der Waals surface area contributed by atoms with Crippen LogP contribution in [0.2, 0.25) is 0 Å². The Kier molecular flexibility index (Phi) is 4.97. The van der Waals surface area contributed by atoms with Crippen molar-refractivity contribution in [2.75, 3.05) is 0 Å². The zero-order chi connectivity index (χ0) is 17.0. The molecule has 0 aliphatic heterocycles. The molecule has 0 heterocycles. The van der Waals surface area contributed by atoms with E-state index < -0.39 is 10.0 Å². The van der Waals surface area contributed by atoms with E-state index in [-0.39, 0.29) is 16.7 Å². The molecule has 1 fully saturated rings. The second kappa shape index (κ2) is 7.15. The number of nitrogens with one attached hydrogen (secondary N) is 2. The number of sulfonamides is 1. The molecular formula is C18H20N2O3S. The summed E-state index contributed by atoms with van der Waals surface area (Å²) in [6.07, 6.45) is 3.66. The van der Waals surface area contributed by atoms with Crippen molar-refractivity contribution in [3.63, 3.8) is 0 Å². The lowest BCUT2D eigenvalue weighted by Crippen LogP contribution is -2.44. The molecule has 5 nitrogen and oxygen atoms in total. The average Bonchev–Trinajstić information content (AvgIpc) is 3.15. The molecule has 1 aliphatic carbocycles. The molecule has 0 spiro atoms. The maximum absolute atomic E-state index is 12.6. The van der Waals surface area contributed by atoms with Crippen LogP contribution in [0.5, 0.6) is 0 Å². The topological polar surface area (TPSA) is 75.3 Å². The number of hydrazine groups is 1. The number of rotatable bonds is 5. The van der Waals surface area contributed by atoms with E-state index in [0.717, 1.165) is 31.2 Å². The molecule has 0 atom stereocenters. The first kappa shape index (κ1) is 16.7. The van der Waals surface area contributed by atoms with Gasteiger partial charge in [0.1, 0.15) is 0 Å². The van der Waals surface area contributed by atoms with E-state index in [1.165, 1.54) is 6.07 Å². The van der Waals surface area contributed by atoms with E-state index in [2.05, 4.69) is 10.3 Å². The minimum atomic E-state index is -3.85. The summed E-state index contributed by atoms with van der Waals surface area (Å²) in [4.78, 5) is 14.4. The van der Waals surface area contributed by atoms with Crippen LogP contribution in [0, 0.1) is 5.92 Å². The Morgan fingerprint density at radius 3 is 2.25 bits per heavy atom. The van der Waals surface area contributed by atoms with Crippen LogP contribution in [0.1, 0.15) is 25.7 Å². The number of benzene rings is 2. The Morgan fingerprint density at radius 2 is 1.54 bits per heavy atom.